The summed E-state index contributed by atoms with van der Waals surface area (Å²) < 4.78 is 1.60. The molecule has 2 rings (SSSR count). The first-order valence-electron chi connectivity index (χ1n) is 5.06. The summed E-state index contributed by atoms with van der Waals surface area (Å²) in [6.07, 6.45) is 2.03. The SMILES string of the molecule is NC(=O)c1ncn(Cc2ccccc2)c1C=O. The number of amides is 1. The Morgan fingerprint density at radius 2 is 2.06 bits per heavy atom. The van der Waals surface area contributed by atoms with E-state index in [4.69, 9.17) is 5.73 Å². The second kappa shape index (κ2) is 4.61. The Labute approximate surface area is 97.9 Å². The lowest BCUT2D eigenvalue weighted by Gasteiger charge is -2.04. The van der Waals surface area contributed by atoms with Crippen LogP contribution in [0.3, 0.4) is 0 Å². The van der Waals surface area contributed by atoms with Crippen molar-refractivity contribution in [3.05, 3.63) is 53.6 Å². The first-order chi connectivity index (χ1) is 8.22. The van der Waals surface area contributed by atoms with E-state index in [1.54, 1.807) is 4.57 Å². The Morgan fingerprint density at radius 1 is 1.35 bits per heavy atom. The molecule has 86 valence electrons. The number of carbonyl (C=O) groups excluding carboxylic acids is 2. The van der Waals surface area contributed by atoms with E-state index < -0.39 is 5.91 Å². The molecule has 0 radical (unpaired) electrons. The number of primary amides is 1. The standard InChI is InChI=1S/C12H11N3O2/c13-12(17)11-10(7-16)15(8-14-11)6-9-4-2-1-3-5-9/h1-5,7-8H,6H2,(H2,13,17). The predicted molar refractivity (Wildman–Crippen MR) is 61.7 cm³/mol. The van der Waals surface area contributed by atoms with E-state index in [1.807, 2.05) is 30.3 Å². The Hall–Kier alpha value is -2.43. The topological polar surface area (TPSA) is 78.0 Å². The lowest BCUT2D eigenvalue weighted by Crippen LogP contribution is -2.15. The van der Waals surface area contributed by atoms with Crippen LogP contribution in [0.2, 0.25) is 0 Å². The first-order valence-corrected chi connectivity index (χ1v) is 5.06. The Balaban J connectivity index is 2.34. The maximum atomic E-state index is 11.0. The van der Waals surface area contributed by atoms with Gasteiger partial charge in [-0.3, -0.25) is 9.59 Å². The predicted octanol–water partition coefficient (Wildman–Crippen LogP) is 0.843. The second-order valence-corrected chi connectivity index (χ2v) is 3.57. The van der Waals surface area contributed by atoms with E-state index in [2.05, 4.69) is 4.98 Å². The third kappa shape index (κ3) is 2.23. The van der Waals surface area contributed by atoms with Crippen molar-refractivity contribution in [2.24, 2.45) is 5.73 Å². The average Bonchev–Trinajstić information content (AvgIpc) is 2.73. The van der Waals surface area contributed by atoms with Crippen molar-refractivity contribution in [1.29, 1.82) is 0 Å². The monoisotopic (exact) mass is 229 g/mol. The quantitative estimate of drug-likeness (QED) is 0.789. The van der Waals surface area contributed by atoms with Crippen LogP contribution in [0.15, 0.2) is 36.7 Å². The van der Waals surface area contributed by atoms with Gasteiger partial charge in [-0.05, 0) is 5.56 Å². The van der Waals surface area contributed by atoms with Gasteiger partial charge in [0.15, 0.2) is 12.0 Å². The summed E-state index contributed by atoms with van der Waals surface area (Å²) in [5, 5.41) is 0. The second-order valence-electron chi connectivity index (χ2n) is 3.57. The number of rotatable bonds is 4. The molecule has 5 heteroatoms. The van der Waals surface area contributed by atoms with Crippen LogP contribution in [-0.4, -0.2) is 21.7 Å². The van der Waals surface area contributed by atoms with Crippen LogP contribution < -0.4 is 5.73 Å². The average molecular weight is 229 g/mol. The van der Waals surface area contributed by atoms with Crippen molar-refractivity contribution in [2.75, 3.05) is 0 Å². The molecule has 2 N–H and O–H groups in total. The van der Waals surface area contributed by atoms with Crippen LogP contribution in [0.1, 0.15) is 26.5 Å². The number of nitrogens with zero attached hydrogens (tertiary/aromatic N) is 2. The molecule has 2 aromatic rings. The molecule has 0 aliphatic heterocycles. The van der Waals surface area contributed by atoms with Gasteiger partial charge in [-0.2, -0.15) is 0 Å². The fourth-order valence-corrected chi connectivity index (χ4v) is 1.61. The molecule has 0 bridgehead atoms. The van der Waals surface area contributed by atoms with Crippen LogP contribution in [-0.2, 0) is 6.54 Å². The molecule has 0 saturated heterocycles. The third-order valence-electron chi connectivity index (χ3n) is 2.42. The largest absolute Gasteiger partial charge is 0.364 e. The molecule has 1 aromatic heterocycles. The fraction of sp³-hybridized carbons (Fsp3) is 0.0833. The summed E-state index contributed by atoms with van der Waals surface area (Å²) in [6, 6.07) is 9.58. The smallest absolute Gasteiger partial charge is 0.269 e. The number of aldehydes is 1. The summed E-state index contributed by atoms with van der Waals surface area (Å²) in [5.74, 6) is -0.695. The zero-order valence-corrected chi connectivity index (χ0v) is 9.04. The summed E-state index contributed by atoms with van der Waals surface area (Å²) >= 11 is 0. The maximum absolute atomic E-state index is 11.0. The van der Waals surface area contributed by atoms with Gasteiger partial charge in [0, 0.05) is 6.54 Å². The Bertz CT molecular complexity index is 546. The lowest BCUT2D eigenvalue weighted by molar-refractivity contribution is 0.0988. The Kier molecular flexibility index (Phi) is 3.00. The zero-order valence-electron chi connectivity index (χ0n) is 9.04. The van der Waals surface area contributed by atoms with E-state index in [0.717, 1.165) is 5.56 Å². The minimum absolute atomic E-state index is 0.0101. The van der Waals surface area contributed by atoms with E-state index in [1.165, 1.54) is 6.33 Å². The minimum atomic E-state index is -0.695. The van der Waals surface area contributed by atoms with Gasteiger partial charge >= 0.3 is 0 Å². The van der Waals surface area contributed by atoms with Crippen LogP contribution in [0.25, 0.3) is 0 Å². The van der Waals surface area contributed by atoms with Crippen LogP contribution >= 0.6 is 0 Å². The summed E-state index contributed by atoms with van der Waals surface area (Å²) in [5.41, 5.74) is 6.36. The number of aromatic nitrogens is 2. The molecule has 0 unspecified atom stereocenters. The van der Waals surface area contributed by atoms with Crippen molar-refractivity contribution >= 4 is 12.2 Å². The maximum Gasteiger partial charge on any atom is 0.269 e. The van der Waals surface area contributed by atoms with E-state index in [9.17, 15) is 9.59 Å². The number of carbonyl (C=O) groups is 2. The zero-order chi connectivity index (χ0) is 12.3. The first kappa shape index (κ1) is 11.1. The highest BCUT2D eigenvalue weighted by Crippen LogP contribution is 2.08. The molecule has 17 heavy (non-hydrogen) atoms. The van der Waals surface area contributed by atoms with Gasteiger partial charge in [-0.1, -0.05) is 30.3 Å². The molecule has 5 nitrogen and oxygen atoms in total. The van der Waals surface area contributed by atoms with Gasteiger partial charge in [0.2, 0.25) is 0 Å². The molecule has 0 atom stereocenters. The number of imidazole rings is 1. The van der Waals surface area contributed by atoms with Gasteiger partial charge in [0.05, 0.1) is 6.33 Å². The lowest BCUT2D eigenvalue weighted by atomic mass is 10.2. The number of benzene rings is 1. The van der Waals surface area contributed by atoms with Crippen molar-refractivity contribution in [3.63, 3.8) is 0 Å². The van der Waals surface area contributed by atoms with Crippen molar-refractivity contribution in [2.45, 2.75) is 6.54 Å². The summed E-state index contributed by atoms with van der Waals surface area (Å²) in [6.45, 7) is 0.481. The van der Waals surface area contributed by atoms with Gasteiger partial charge in [0.25, 0.3) is 5.91 Å². The molecular weight excluding hydrogens is 218 g/mol. The highest BCUT2D eigenvalue weighted by molar-refractivity contribution is 5.97. The highest BCUT2D eigenvalue weighted by Gasteiger charge is 2.14. The van der Waals surface area contributed by atoms with Crippen LogP contribution in [0.4, 0.5) is 0 Å². The Morgan fingerprint density at radius 3 is 2.65 bits per heavy atom. The normalized spacial score (nSPS) is 10.1. The molecule has 1 heterocycles. The summed E-state index contributed by atoms with van der Waals surface area (Å²) in [7, 11) is 0. The van der Waals surface area contributed by atoms with E-state index in [-0.39, 0.29) is 11.4 Å². The van der Waals surface area contributed by atoms with Crippen molar-refractivity contribution < 1.29 is 9.59 Å². The highest BCUT2D eigenvalue weighted by atomic mass is 16.1. The molecule has 1 amide bonds. The van der Waals surface area contributed by atoms with Gasteiger partial charge < -0.3 is 10.3 Å². The van der Waals surface area contributed by atoms with Crippen LogP contribution in [0, 0.1) is 0 Å². The van der Waals surface area contributed by atoms with Gasteiger partial charge in [0.1, 0.15) is 5.69 Å². The molecule has 0 fully saturated rings. The van der Waals surface area contributed by atoms with E-state index in [0.29, 0.717) is 12.8 Å². The van der Waals surface area contributed by atoms with Crippen molar-refractivity contribution in [1.82, 2.24) is 9.55 Å². The van der Waals surface area contributed by atoms with Crippen molar-refractivity contribution in [3.8, 4) is 0 Å². The van der Waals surface area contributed by atoms with Gasteiger partial charge in [-0.25, -0.2) is 4.98 Å². The molecule has 0 aliphatic rings. The number of hydrogen-bond acceptors (Lipinski definition) is 3. The van der Waals surface area contributed by atoms with Gasteiger partial charge in [-0.15, -0.1) is 0 Å². The number of hydrogen-bond donors (Lipinski definition) is 1. The minimum Gasteiger partial charge on any atom is -0.364 e. The molecule has 1 aromatic carbocycles. The number of nitrogens with two attached hydrogens (primary N) is 1. The summed E-state index contributed by atoms with van der Waals surface area (Å²) in [4.78, 5) is 25.8. The van der Waals surface area contributed by atoms with E-state index >= 15 is 0 Å². The molecule has 0 aliphatic carbocycles. The molecular formula is C12H11N3O2. The third-order valence-corrected chi connectivity index (χ3v) is 2.42. The molecule has 0 saturated carbocycles. The van der Waals surface area contributed by atoms with Crippen LogP contribution in [0.5, 0.6) is 0 Å². The molecule has 0 spiro atoms. The fourth-order valence-electron chi connectivity index (χ4n) is 1.61.